The minimum Gasteiger partial charge on any atom is -0.477 e. The second kappa shape index (κ2) is 7.31. The Bertz CT molecular complexity index is 645. The Balaban J connectivity index is 1.53. The molecule has 2 fully saturated rings. The lowest BCUT2D eigenvalue weighted by molar-refractivity contribution is -0.124. The lowest BCUT2D eigenvalue weighted by atomic mass is 9.99. The Kier molecular flexibility index (Phi) is 5.15. The minimum absolute atomic E-state index is 0.0102. The van der Waals surface area contributed by atoms with Crippen molar-refractivity contribution in [3.8, 4) is 0 Å². The summed E-state index contributed by atoms with van der Waals surface area (Å²) in [5.41, 5.74) is 0.349. The van der Waals surface area contributed by atoms with Gasteiger partial charge in [0.2, 0.25) is 11.8 Å². The smallest absolute Gasteiger partial charge is 0.348 e. The van der Waals surface area contributed by atoms with Crippen molar-refractivity contribution in [3.63, 3.8) is 0 Å². The number of carbonyl (C=O) groups is 3. The van der Waals surface area contributed by atoms with Crippen LogP contribution in [-0.2, 0) is 9.59 Å². The summed E-state index contributed by atoms with van der Waals surface area (Å²) < 4.78 is 0. The molecule has 3 rings (SSSR count). The minimum atomic E-state index is -1.04. The van der Waals surface area contributed by atoms with E-state index in [4.69, 9.17) is 5.11 Å². The number of carboxylic acids is 1. The summed E-state index contributed by atoms with van der Waals surface area (Å²) in [6, 6.07) is 1.77. The molecule has 2 amide bonds. The van der Waals surface area contributed by atoms with Gasteiger partial charge in [0.25, 0.3) is 0 Å². The standard InChI is InChI=1S/C16H21N3O4S/c20-13(18-12-5-7-24-14(12)16(22)23)4-6-19-8-10-2-1-3-11(9-19)17-15(10)21/h5,7,10-11H,1-4,6,8-9H2,(H,17,21)(H,18,20)(H,22,23)/t10-,11+/m0/s1. The van der Waals surface area contributed by atoms with Crippen molar-refractivity contribution in [2.24, 2.45) is 5.92 Å². The third kappa shape index (κ3) is 3.93. The zero-order valence-electron chi connectivity index (χ0n) is 13.3. The fourth-order valence-corrected chi connectivity index (χ4v) is 4.06. The first-order valence-corrected chi connectivity index (χ1v) is 9.04. The van der Waals surface area contributed by atoms with Crippen molar-refractivity contribution >= 4 is 34.8 Å². The average Bonchev–Trinajstić information content (AvgIpc) is 2.82. The molecule has 0 saturated carbocycles. The van der Waals surface area contributed by atoms with Gasteiger partial charge < -0.3 is 15.7 Å². The van der Waals surface area contributed by atoms with Gasteiger partial charge in [0.1, 0.15) is 4.88 Å². The molecule has 0 unspecified atom stereocenters. The number of hydrogen-bond acceptors (Lipinski definition) is 5. The summed E-state index contributed by atoms with van der Waals surface area (Å²) in [5, 5.41) is 16.4. The molecule has 130 valence electrons. The van der Waals surface area contributed by atoms with Gasteiger partial charge in [-0.3, -0.25) is 14.5 Å². The third-order valence-electron chi connectivity index (χ3n) is 4.57. The highest BCUT2D eigenvalue weighted by Gasteiger charge is 2.32. The molecule has 0 aromatic carbocycles. The monoisotopic (exact) mass is 351 g/mol. The number of thiophene rings is 1. The van der Waals surface area contributed by atoms with Gasteiger partial charge in [-0.1, -0.05) is 6.42 Å². The molecule has 7 nitrogen and oxygen atoms in total. The van der Waals surface area contributed by atoms with Gasteiger partial charge >= 0.3 is 5.97 Å². The van der Waals surface area contributed by atoms with Gasteiger partial charge in [-0.15, -0.1) is 11.3 Å². The van der Waals surface area contributed by atoms with E-state index in [0.29, 0.717) is 18.8 Å². The maximum absolute atomic E-state index is 12.1. The fourth-order valence-electron chi connectivity index (χ4n) is 3.37. The Morgan fingerprint density at radius 3 is 3.00 bits per heavy atom. The number of nitrogens with one attached hydrogen (secondary N) is 2. The summed E-state index contributed by atoms with van der Waals surface area (Å²) >= 11 is 1.09. The molecule has 3 N–H and O–H groups in total. The Morgan fingerprint density at radius 2 is 2.21 bits per heavy atom. The molecule has 2 saturated heterocycles. The highest BCUT2D eigenvalue weighted by molar-refractivity contribution is 7.12. The van der Waals surface area contributed by atoms with Gasteiger partial charge in [0.05, 0.1) is 11.6 Å². The molecule has 0 aliphatic carbocycles. The lowest BCUT2D eigenvalue weighted by Gasteiger charge is -2.27. The van der Waals surface area contributed by atoms with Crippen LogP contribution in [0.15, 0.2) is 11.4 Å². The highest BCUT2D eigenvalue weighted by atomic mass is 32.1. The number of likely N-dealkylation sites (tertiary alicyclic amines) is 1. The first-order valence-electron chi connectivity index (χ1n) is 8.16. The Morgan fingerprint density at radius 1 is 1.38 bits per heavy atom. The van der Waals surface area contributed by atoms with Gasteiger partial charge in [0.15, 0.2) is 0 Å². The van der Waals surface area contributed by atoms with Crippen molar-refractivity contribution in [2.45, 2.75) is 31.7 Å². The summed E-state index contributed by atoms with van der Waals surface area (Å²) in [6.45, 7) is 2.03. The molecule has 1 aromatic heterocycles. The van der Waals surface area contributed by atoms with Crippen LogP contribution in [0.5, 0.6) is 0 Å². The molecule has 2 bridgehead atoms. The van der Waals surface area contributed by atoms with Crippen LogP contribution in [0.2, 0.25) is 0 Å². The van der Waals surface area contributed by atoms with Crippen molar-refractivity contribution in [1.29, 1.82) is 0 Å². The molecule has 2 aliphatic rings. The van der Waals surface area contributed by atoms with E-state index in [1.54, 1.807) is 11.4 Å². The van der Waals surface area contributed by atoms with E-state index in [1.807, 2.05) is 0 Å². The largest absolute Gasteiger partial charge is 0.477 e. The first-order chi connectivity index (χ1) is 11.5. The summed E-state index contributed by atoms with van der Waals surface area (Å²) in [7, 11) is 0. The van der Waals surface area contributed by atoms with E-state index < -0.39 is 5.97 Å². The second-order valence-electron chi connectivity index (χ2n) is 6.36. The third-order valence-corrected chi connectivity index (χ3v) is 5.47. The summed E-state index contributed by atoms with van der Waals surface area (Å²) in [4.78, 5) is 37.5. The number of carbonyl (C=O) groups excluding carboxylic acids is 2. The summed E-state index contributed by atoms with van der Waals surface area (Å²) in [5.74, 6) is -1.10. The predicted octanol–water partition coefficient (Wildman–Crippen LogP) is 1.38. The van der Waals surface area contributed by atoms with Crippen molar-refractivity contribution in [3.05, 3.63) is 16.3 Å². The number of fused-ring (bicyclic) bond motifs is 3. The number of hydrogen-bond donors (Lipinski definition) is 3. The van der Waals surface area contributed by atoms with Gasteiger partial charge in [-0.25, -0.2) is 4.79 Å². The molecule has 3 heterocycles. The van der Waals surface area contributed by atoms with Crippen molar-refractivity contribution in [2.75, 3.05) is 25.0 Å². The second-order valence-corrected chi connectivity index (χ2v) is 7.28. The van der Waals surface area contributed by atoms with Gasteiger partial charge in [-0.05, 0) is 24.3 Å². The van der Waals surface area contributed by atoms with Crippen LogP contribution in [0.3, 0.4) is 0 Å². The van der Waals surface area contributed by atoms with Crippen LogP contribution in [0, 0.1) is 5.92 Å². The van der Waals surface area contributed by atoms with E-state index in [9.17, 15) is 14.4 Å². The Labute approximate surface area is 144 Å². The zero-order valence-corrected chi connectivity index (χ0v) is 14.1. The number of nitrogens with zero attached hydrogens (tertiary/aromatic N) is 1. The molecule has 8 heteroatoms. The number of amides is 2. The molecule has 2 aliphatic heterocycles. The van der Waals surface area contributed by atoms with Gasteiger partial charge in [0, 0.05) is 32.1 Å². The summed E-state index contributed by atoms with van der Waals surface area (Å²) in [6.07, 6.45) is 3.24. The quantitative estimate of drug-likeness (QED) is 0.744. The average molecular weight is 351 g/mol. The molecule has 0 spiro atoms. The maximum Gasteiger partial charge on any atom is 0.348 e. The SMILES string of the molecule is O=C(CCN1C[C@H]2CCC[C@@H](C1)C(=O)N2)Nc1ccsc1C(=O)O. The van der Waals surface area contributed by atoms with Crippen LogP contribution in [0.25, 0.3) is 0 Å². The van der Waals surface area contributed by atoms with E-state index in [-0.39, 0.29) is 35.1 Å². The number of anilines is 1. The number of aromatic carboxylic acids is 1. The van der Waals surface area contributed by atoms with E-state index in [1.165, 1.54) is 0 Å². The molecular formula is C16H21N3O4S. The molecule has 2 atom stereocenters. The fraction of sp³-hybridized carbons (Fsp3) is 0.562. The first kappa shape index (κ1) is 16.9. The maximum atomic E-state index is 12.1. The van der Waals surface area contributed by atoms with Crippen molar-refractivity contribution in [1.82, 2.24) is 10.2 Å². The van der Waals surface area contributed by atoms with E-state index in [2.05, 4.69) is 15.5 Å². The van der Waals surface area contributed by atoms with Crippen molar-refractivity contribution < 1.29 is 19.5 Å². The highest BCUT2D eigenvalue weighted by Crippen LogP contribution is 2.23. The van der Waals surface area contributed by atoms with Crippen LogP contribution in [0.1, 0.15) is 35.4 Å². The molecule has 0 radical (unpaired) electrons. The van der Waals surface area contributed by atoms with E-state index >= 15 is 0 Å². The number of rotatable bonds is 5. The van der Waals surface area contributed by atoms with E-state index in [0.717, 1.165) is 37.1 Å². The van der Waals surface area contributed by atoms with Crippen LogP contribution >= 0.6 is 11.3 Å². The van der Waals surface area contributed by atoms with Crippen LogP contribution in [0.4, 0.5) is 5.69 Å². The predicted molar refractivity (Wildman–Crippen MR) is 90.2 cm³/mol. The topological polar surface area (TPSA) is 98.7 Å². The zero-order chi connectivity index (χ0) is 17.1. The van der Waals surface area contributed by atoms with Gasteiger partial charge in [-0.2, -0.15) is 0 Å². The van der Waals surface area contributed by atoms with Crippen LogP contribution in [-0.4, -0.2) is 53.5 Å². The molecule has 1 aromatic rings. The van der Waals surface area contributed by atoms with Crippen LogP contribution < -0.4 is 10.6 Å². The Hall–Kier alpha value is -1.93. The molecule has 24 heavy (non-hydrogen) atoms. The molecular weight excluding hydrogens is 330 g/mol. The normalized spacial score (nSPS) is 24.1. The lowest BCUT2D eigenvalue weighted by Crippen LogP contribution is -2.39. The number of carboxylic acid groups (broad SMARTS) is 1.